The topological polar surface area (TPSA) is 156 Å². The van der Waals surface area contributed by atoms with Crippen LogP contribution in [0.5, 0.6) is 0 Å². The largest absolute Gasteiger partial charge is 0.481 e. The van der Waals surface area contributed by atoms with Crippen LogP contribution in [-0.4, -0.2) is 81.3 Å². The van der Waals surface area contributed by atoms with E-state index in [-0.39, 0.29) is 37.8 Å². The first kappa shape index (κ1) is 23.6. The number of nitrogens with one attached hydrogen (secondary N) is 2. The van der Waals surface area contributed by atoms with Crippen LogP contribution in [0.1, 0.15) is 36.0 Å². The number of amides is 5. The molecule has 1 aromatic carbocycles. The molecule has 176 valence electrons. The summed E-state index contributed by atoms with van der Waals surface area (Å²) in [6.07, 6.45) is 0.0114. The maximum Gasteiger partial charge on any atom is 0.358 e. The first-order valence-electron chi connectivity index (χ1n) is 10.2. The van der Waals surface area contributed by atoms with Crippen molar-refractivity contribution >= 4 is 36.0 Å². The van der Waals surface area contributed by atoms with Crippen LogP contribution >= 0.6 is 0 Å². The zero-order valence-electron chi connectivity index (χ0n) is 17.4. The smallest absolute Gasteiger partial charge is 0.358 e. The molecule has 0 saturated carbocycles. The highest BCUT2D eigenvalue weighted by molar-refractivity contribution is 5.97. The number of rotatable bonds is 7. The number of benzene rings is 1. The molecule has 0 spiro atoms. The lowest BCUT2D eigenvalue weighted by molar-refractivity contribution is -0.155. The van der Waals surface area contributed by atoms with Crippen molar-refractivity contribution < 1.29 is 38.3 Å². The summed E-state index contributed by atoms with van der Waals surface area (Å²) in [7, 11) is 0. The molecule has 1 aromatic rings. The minimum atomic E-state index is -1.31. The maximum atomic E-state index is 13.4. The summed E-state index contributed by atoms with van der Waals surface area (Å²) >= 11 is 0. The van der Waals surface area contributed by atoms with Gasteiger partial charge in [0.05, 0.1) is 19.0 Å². The number of hydrazine groups is 2. The Morgan fingerprint density at radius 1 is 1.24 bits per heavy atom. The summed E-state index contributed by atoms with van der Waals surface area (Å²) in [5.74, 6) is -4.00. The molecule has 3 N–H and O–H groups in total. The maximum absolute atomic E-state index is 13.4. The molecular weight excluding hydrogens is 441 g/mol. The Balaban J connectivity index is 1.81. The highest BCUT2D eigenvalue weighted by Crippen LogP contribution is 2.24. The third kappa shape index (κ3) is 5.42. The lowest BCUT2D eigenvalue weighted by Crippen LogP contribution is -2.64. The van der Waals surface area contributed by atoms with Crippen molar-refractivity contribution in [1.29, 1.82) is 0 Å². The van der Waals surface area contributed by atoms with Crippen LogP contribution in [0.3, 0.4) is 0 Å². The van der Waals surface area contributed by atoms with Gasteiger partial charge in [0.2, 0.25) is 11.8 Å². The van der Waals surface area contributed by atoms with Gasteiger partial charge in [0, 0.05) is 18.5 Å². The second kappa shape index (κ2) is 10.1. The summed E-state index contributed by atoms with van der Waals surface area (Å²) in [6, 6.07) is 1.41. The second-order valence-electron chi connectivity index (χ2n) is 7.50. The monoisotopic (exact) mass is 463 g/mol. The Kier molecular flexibility index (Phi) is 7.20. The highest BCUT2D eigenvalue weighted by Gasteiger charge is 2.44. The van der Waals surface area contributed by atoms with Gasteiger partial charge in [-0.1, -0.05) is 6.07 Å². The quantitative estimate of drug-likeness (QED) is 0.467. The predicted molar refractivity (Wildman–Crippen MR) is 107 cm³/mol. The molecule has 0 radical (unpaired) electrons. The molecule has 0 bridgehead atoms. The van der Waals surface area contributed by atoms with Gasteiger partial charge in [-0.2, -0.15) is 0 Å². The second-order valence-corrected chi connectivity index (χ2v) is 7.50. The molecule has 0 aromatic heterocycles. The minimum absolute atomic E-state index is 0.0503. The van der Waals surface area contributed by atoms with Gasteiger partial charge < -0.3 is 15.2 Å². The van der Waals surface area contributed by atoms with Crippen LogP contribution in [0.4, 0.5) is 9.18 Å². The third-order valence-corrected chi connectivity index (χ3v) is 5.18. The summed E-state index contributed by atoms with van der Waals surface area (Å²) in [5.41, 5.74) is 2.29. The SMILES string of the molecule is O=C[C@H](CC(=O)O)NC(=O)[C@@H]1CCCN2C(=O)CCN(NC(=O)c3cccc(F)c3)C(=O)N12. The molecule has 2 saturated heterocycles. The number of carboxylic acids is 1. The van der Waals surface area contributed by atoms with E-state index in [1.807, 2.05) is 0 Å². The number of fused-ring (bicyclic) bond motifs is 1. The molecule has 2 fully saturated rings. The number of aldehydes is 1. The van der Waals surface area contributed by atoms with E-state index >= 15 is 0 Å². The van der Waals surface area contributed by atoms with E-state index in [4.69, 9.17) is 5.11 Å². The molecule has 3 rings (SSSR count). The first-order valence-corrected chi connectivity index (χ1v) is 10.2. The fourth-order valence-corrected chi connectivity index (χ4v) is 3.63. The number of halogens is 1. The van der Waals surface area contributed by atoms with Gasteiger partial charge >= 0.3 is 12.0 Å². The zero-order chi connectivity index (χ0) is 24.1. The van der Waals surface area contributed by atoms with Crippen molar-refractivity contribution in [1.82, 2.24) is 25.8 Å². The first-order chi connectivity index (χ1) is 15.7. The van der Waals surface area contributed by atoms with E-state index < -0.39 is 54.0 Å². The number of carbonyl (C=O) groups is 6. The summed E-state index contributed by atoms with van der Waals surface area (Å²) in [5, 5.41) is 14.0. The van der Waals surface area contributed by atoms with Crippen molar-refractivity contribution in [2.24, 2.45) is 0 Å². The van der Waals surface area contributed by atoms with E-state index in [2.05, 4.69) is 10.7 Å². The van der Waals surface area contributed by atoms with Crippen LogP contribution < -0.4 is 10.7 Å². The molecule has 0 unspecified atom stereocenters. The molecule has 2 atom stereocenters. The Bertz CT molecular complexity index is 987. The number of carbonyl (C=O) groups excluding carboxylic acids is 5. The third-order valence-electron chi connectivity index (χ3n) is 5.18. The molecule has 33 heavy (non-hydrogen) atoms. The average molecular weight is 463 g/mol. The van der Waals surface area contributed by atoms with Crippen LogP contribution in [0.2, 0.25) is 0 Å². The van der Waals surface area contributed by atoms with Gasteiger partial charge in [0.1, 0.15) is 18.1 Å². The number of carboxylic acid groups (broad SMARTS) is 1. The Morgan fingerprint density at radius 2 is 2.00 bits per heavy atom. The van der Waals surface area contributed by atoms with Gasteiger partial charge in [-0.05, 0) is 31.0 Å². The molecule has 13 heteroatoms. The molecule has 2 aliphatic rings. The Morgan fingerprint density at radius 3 is 2.67 bits per heavy atom. The minimum Gasteiger partial charge on any atom is -0.481 e. The standard InChI is InChI=1S/C20H22FN5O7/c21-13-4-1-3-12(9-13)18(31)23-24-8-6-16(28)25-7-2-5-15(26(25)20(24)33)19(32)22-14(11-27)10-17(29)30/h1,3-4,9,11,14-15H,2,5-8,10H2,(H,22,32)(H,23,31)(H,29,30)/t14-,15-/m0/s1. The fourth-order valence-electron chi connectivity index (χ4n) is 3.63. The lowest BCUT2D eigenvalue weighted by Gasteiger charge is -2.42. The average Bonchev–Trinajstić information content (AvgIpc) is 2.90. The number of nitrogens with zero attached hydrogens (tertiary/aromatic N) is 3. The van der Waals surface area contributed by atoms with Crippen molar-refractivity contribution in [3.05, 3.63) is 35.6 Å². The van der Waals surface area contributed by atoms with Crippen LogP contribution in [-0.2, 0) is 19.2 Å². The highest BCUT2D eigenvalue weighted by atomic mass is 19.1. The van der Waals surface area contributed by atoms with Gasteiger partial charge in [-0.15, -0.1) is 0 Å². The van der Waals surface area contributed by atoms with Gasteiger partial charge in [0.15, 0.2) is 0 Å². The number of hydrogen-bond acceptors (Lipinski definition) is 6. The molecular formula is C20H22FN5O7. The predicted octanol–water partition coefficient (Wildman–Crippen LogP) is -0.337. The van der Waals surface area contributed by atoms with Crippen molar-refractivity contribution in [2.45, 2.75) is 37.8 Å². The molecule has 0 aliphatic carbocycles. The van der Waals surface area contributed by atoms with Crippen molar-refractivity contribution in [3.8, 4) is 0 Å². The van der Waals surface area contributed by atoms with E-state index in [9.17, 15) is 33.2 Å². The van der Waals surface area contributed by atoms with E-state index in [0.29, 0.717) is 6.42 Å². The molecule has 12 nitrogen and oxygen atoms in total. The molecule has 5 amide bonds. The zero-order valence-corrected chi connectivity index (χ0v) is 17.4. The Hall–Kier alpha value is -4.03. The van der Waals surface area contributed by atoms with Crippen LogP contribution in [0.15, 0.2) is 24.3 Å². The van der Waals surface area contributed by atoms with Crippen LogP contribution in [0, 0.1) is 5.82 Å². The number of aliphatic carboxylic acids is 1. The van der Waals surface area contributed by atoms with E-state index in [1.165, 1.54) is 12.1 Å². The molecule has 2 heterocycles. The van der Waals surface area contributed by atoms with Gasteiger partial charge in [-0.3, -0.25) is 24.6 Å². The van der Waals surface area contributed by atoms with Gasteiger partial charge in [-0.25, -0.2) is 24.2 Å². The Labute approximate surface area is 187 Å². The lowest BCUT2D eigenvalue weighted by atomic mass is 10.1. The van der Waals surface area contributed by atoms with Crippen molar-refractivity contribution in [3.63, 3.8) is 0 Å². The van der Waals surface area contributed by atoms with E-state index in [1.54, 1.807) is 0 Å². The summed E-state index contributed by atoms with van der Waals surface area (Å²) in [6.45, 7) is -0.0255. The summed E-state index contributed by atoms with van der Waals surface area (Å²) < 4.78 is 13.4. The van der Waals surface area contributed by atoms with Crippen LogP contribution in [0.25, 0.3) is 0 Å². The molecule has 2 aliphatic heterocycles. The normalized spacial score (nSPS) is 19.3. The fraction of sp³-hybridized carbons (Fsp3) is 0.400. The van der Waals surface area contributed by atoms with Crippen molar-refractivity contribution in [2.75, 3.05) is 13.1 Å². The number of urea groups is 1. The van der Waals surface area contributed by atoms with E-state index in [0.717, 1.165) is 27.2 Å². The van der Waals surface area contributed by atoms with Gasteiger partial charge in [0.25, 0.3) is 5.91 Å². The summed E-state index contributed by atoms with van der Waals surface area (Å²) in [4.78, 5) is 73.2. The number of hydrogen-bond donors (Lipinski definition) is 3.